The van der Waals surface area contributed by atoms with Crippen molar-refractivity contribution in [3.63, 3.8) is 0 Å². The van der Waals surface area contributed by atoms with Crippen molar-refractivity contribution in [2.24, 2.45) is 0 Å². The number of rotatable bonds is 4. The Morgan fingerprint density at radius 2 is 2.25 bits per heavy atom. The van der Waals surface area contributed by atoms with Crippen LogP contribution in [-0.2, 0) is 0 Å². The quantitative estimate of drug-likeness (QED) is 0.513. The average Bonchev–Trinajstić information content (AvgIpc) is 2.39. The van der Waals surface area contributed by atoms with E-state index in [1.54, 1.807) is 0 Å². The molecular formula is C12H18ClN5O2. The molecule has 2 rings (SSSR count). The summed E-state index contributed by atoms with van der Waals surface area (Å²) < 4.78 is 0. The third-order valence-corrected chi connectivity index (χ3v) is 3.68. The van der Waals surface area contributed by atoms with Crippen LogP contribution in [0.4, 0.5) is 11.5 Å². The summed E-state index contributed by atoms with van der Waals surface area (Å²) in [6.07, 6.45) is 0. The van der Waals surface area contributed by atoms with Gasteiger partial charge in [-0.25, -0.2) is 4.98 Å². The molecule has 20 heavy (non-hydrogen) atoms. The topological polar surface area (TPSA) is 74.5 Å². The first kappa shape index (κ1) is 15.0. The smallest absolute Gasteiger partial charge is 0.276 e. The third kappa shape index (κ3) is 3.78. The van der Waals surface area contributed by atoms with E-state index < -0.39 is 4.92 Å². The lowest BCUT2D eigenvalue weighted by Gasteiger charge is -2.37. The van der Waals surface area contributed by atoms with E-state index in [9.17, 15) is 10.1 Å². The highest BCUT2D eigenvalue weighted by Crippen LogP contribution is 2.20. The maximum atomic E-state index is 10.8. The first-order valence-electron chi connectivity index (χ1n) is 6.40. The molecule has 110 valence electrons. The molecule has 0 aromatic carbocycles. The Hall–Kier alpha value is -1.44. The summed E-state index contributed by atoms with van der Waals surface area (Å²) >= 11 is 5.79. The number of hydrogen-bond donors (Lipinski definition) is 1. The fraction of sp³-hybridized carbons (Fsp3) is 0.583. The van der Waals surface area contributed by atoms with Gasteiger partial charge in [0, 0.05) is 32.2 Å². The van der Waals surface area contributed by atoms with Crippen LogP contribution in [0.25, 0.3) is 0 Å². The lowest BCUT2D eigenvalue weighted by atomic mass is 10.2. The average molecular weight is 300 g/mol. The van der Waals surface area contributed by atoms with Crippen molar-refractivity contribution < 1.29 is 4.92 Å². The van der Waals surface area contributed by atoms with Gasteiger partial charge in [-0.1, -0.05) is 11.6 Å². The Morgan fingerprint density at radius 3 is 2.95 bits per heavy atom. The molecule has 1 aliphatic heterocycles. The molecule has 7 nitrogen and oxygen atoms in total. The molecule has 1 aromatic rings. The number of nitrogens with one attached hydrogen (secondary N) is 1. The number of aromatic nitrogens is 1. The van der Waals surface area contributed by atoms with Crippen LogP contribution in [0.15, 0.2) is 12.1 Å². The molecule has 0 spiro atoms. The Morgan fingerprint density at radius 1 is 1.50 bits per heavy atom. The number of nitrogens with zero attached hydrogens (tertiary/aromatic N) is 4. The van der Waals surface area contributed by atoms with E-state index in [2.05, 4.69) is 34.2 Å². The monoisotopic (exact) mass is 299 g/mol. The van der Waals surface area contributed by atoms with Gasteiger partial charge in [-0.2, -0.15) is 0 Å². The first-order chi connectivity index (χ1) is 9.45. The molecule has 0 aliphatic carbocycles. The molecule has 0 saturated carbocycles. The molecule has 1 fully saturated rings. The van der Waals surface area contributed by atoms with Gasteiger partial charge in [0.15, 0.2) is 0 Å². The van der Waals surface area contributed by atoms with Gasteiger partial charge in [-0.15, -0.1) is 0 Å². The molecule has 0 bridgehead atoms. The molecule has 1 aromatic heterocycles. The Kier molecular flexibility index (Phi) is 4.74. The van der Waals surface area contributed by atoms with Crippen LogP contribution in [0.2, 0.25) is 5.15 Å². The van der Waals surface area contributed by atoms with Crippen LogP contribution >= 0.6 is 11.6 Å². The number of piperazine rings is 1. The summed E-state index contributed by atoms with van der Waals surface area (Å²) in [5.74, 6) is 0.436. The normalized spacial score (nSPS) is 20.9. The van der Waals surface area contributed by atoms with E-state index in [0.29, 0.717) is 18.4 Å². The Balaban J connectivity index is 2.01. The SMILES string of the molecule is CN1CCN(C)C(CNc2cc([N+](=O)[O-])cc(Cl)n2)C1. The van der Waals surface area contributed by atoms with E-state index in [4.69, 9.17) is 11.6 Å². The highest BCUT2D eigenvalue weighted by atomic mass is 35.5. The van der Waals surface area contributed by atoms with Gasteiger partial charge in [0.1, 0.15) is 11.0 Å². The minimum atomic E-state index is -0.473. The van der Waals surface area contributed by atoms with Crippen LogP contribution in [0.3, 0.4) is 0 Å². The van der Waals surface area contributed by atoms with E-state index in [-0.39, 0.29) is 10.8 Å². The molecule has 2 heterocycles. The van der Waals surface area contributed by atoms with Crippen LogP contribution < -0.4 is 5.32 Å². The van der Waals surface area contributed by atoms with Crippen molar-refractivity contribution in [3.05, 3.63) is 27.4 Å². The second-order valence-corrected chi connectivity index (χ2v) is 5.46. The van der Waals surface area contributed by atoms with E-state index in [0.717, 1.165) is 19.6 Å². The van der Waals surface area contributed by atoms with E-state index >= 15 is 0 Å². The maximum absolute atomic E-state index is 10.8. The molecular weight excluding hydrogens is 282 g/mol. The molecule has 1 atom stereocenters. The van der Waals surface area contributed by atoms with Crippen LogP contribution in [0.1, 0.15) is 0 Å². The van der Waals surface area contributed by atoms with Crippen LogP contribution in [0.5, 0.6) is 0 Å². The lowest BCUT2D eigenvalue weighted by molar-refractivity contribution is -0.384. The van der Waals surface area contributed by atoms with E-state index in [1.807, 2.05) is 0 Å². The molecule has 1 saturated heterocycles. The second-order valence-electron chi connectivity index (χ2n) is 5.07. The number of pyridine rings is 1. The summed E-state index contributed by atoms with van der Waals surface area (Å²) in [4.78, 5) is 18.9. The maximum Gasteiger partial charge on any atom is 0.276 e. The molecule has 0 amide bonds. The fourth-order valence-electron chi connectivity index (χ4n) is 2.22. The van der Waals surface area contributed by atoms with Crippen molar-refractivity contribution in [2.45, 2.75) is 6.04 Å². The molecule has 1 unspecified atom stereocenters. The van der Waals surface area contributed by atoms with Crippen molar-refractivity contribution in [1.29, 1.82) is 0 Å². The highest BCUT2D eigenvalue weighted by Gasteiger charge is 2.22. The second kappa shape index (κ2) is 6.34. The summed E-state index contributed by atoms with van der Waals surface area (Å²) in [6.45, 7) is 3.68. The highest BCUT2D eigenvalue weighted by molar-refractivity contribution is 6.29. The largest absolute Gasteiger partial charge is 0.368 e. The number of hydrogen-bond acceptors (Lipinski definition) is 6. The molecule has 0 radical (unpaired) electrons. The number of halogens is 1. The minimum Gasteiger partial charge on any atom is -0.368 e. The summed E-state index contributed by atoms with van der Waals surface area (Å²) in [5.41, 5.74) is -0.0541. The first-order valence-corrected chi connectivity index (χ1v) is 6.78. The molecule has 8 heteroatoms. The summed E-state index contributed by atoms with van der Waals surface area (Å²) in [6, 6.07) is 2.99. The van der Waals surface area contributed by atoms with Gasteiger partial charge in [0.25, 0.3) is 5.69 Å². The minimum absolute atomic E-state index is 0.0541. The zero-order valence-corrected chi connectivity index (χ0v) is 12.3. The fourth-order valence-corrected chi connectivity index (χ4v) is 2.43. The van der Waals surface area contributed by atoms with Crippen LogP contribution in [0, 0.1) is 10.1 Å². The predicted molar refractivity (Wildman–Crippen MR) is 78.3 cm³/mol. The summed E-state index contributed by atoms with van der Waals surface area (Å²) in [5, 5.41) is 14.0. The van der Waals surface area contributed by atoms with Gasteiger partial charge >= 0.3 is 0 Å². The zero-order chi connectivity index (χ0) is 14.7. The standard InChI is InChI=1S/C12H18ClN5O2/c1-16-3-4-17(2)10(8-16)7-14-12-6-9(18(19)20)5-11(13)15-12/h5-6,10H,3-4,7-8H2,1-2H3,(H,14,15). The Labute approximate surface area is 122 Å². The summed E-state index contributed by atoms with van der Waals surface area (Å²) in [7, 11) is 4.16. The predicted octanol–water partition coefficient (Wildman–Crippen LogP) is 1.30. The Bertz CT molecular complexity index is 499. The van der Waals surface area contributed by atoms with Gasteiger partial charge < -0.3 is 10.2 Å². The van der Waals surface area contributed by atoms with Crippen molar-refractivity contribution >= 4 is 23.1 Å². The molecule has 1 aliphatic rings. The molecule has 1 N–H and O–H groups in total. The van der Waals surface area contributed by atoms with Gasteiger partial charge in [-0.05, 0) is 14.1 Å². The zero-order valence-electron chi connectivity index (χ0n) is 11.5. The van der Waals surface area contributed by atoms with Crippen LogP contribution in [-0.4, -0.2) is 66.0 Å². The number of likely N-dealkylation sites (N-methyl/N-ethyl adjacent to an activating group) is 2. The van der Waals surface area contributed by atoms with Crippen molar-refractivity contribution in [1.82, 2.24) is 14.8 Å². The third-order valence-electron chi connectivity index (χ3n) is 3.49. The van der Waals surface area contributed by atoms with E-state index in [1.165, 1.54) is 12.1 Å². The lowest BCUT2D eigenvalue weighted by Crippen LogP contribution is -2.52. The van der Waals surface area contributed by atoms with Gasteiger partial charge in [0.2, 0.25) is 0 Å². The van der Waals surface area contributed by atoms with Crippen molar-refractivity contribution in [3.8, 4) is 0 Å². The van der Waals surface area contributed by atoms with Crippen molar-refractivity contribution in [2.75, 3.05) is 45.6 Å². The van der Waals surface area contributed by atoms with Gasteiger partial charge in [-0.3, -0.25) is 15.0 Å². The number of anilines is 1. The number of nitro groups is 1. The van der Waals surface area contributed by atoms with Gasteiger partial charge in [0.05, 0.1) is 17.1 Å².